The Kier molecular flexibility index (Phi) is 7.94. The van der Waals surface area contributed by atoms with E-state index < -0.39 is 49.2 Å². The predicted octanol–water partition coefficient (Wildman–Crippen LogP) is 2.98. The van der Waals surface area contributed by atoms with Crippen LogP contribution in [0.2, 0.25) is 0 Å². The summed E-state index contributed by atoms with van der Waals surface area (Å²) in [5, 5.41) is 25.9. The molecule has 1 aliphatic rings. The zero-order chi connectivity index (χ0) is 27.1. The van der Waals surface area contributed by atoms with E-state index in [4.69, 9.17) is 17.0 Å². The highest BCUT2D eigenvalue weighted by Crippen LogP contribution is 2.33. The highest BCUT2D eigenvalue weighted by atomic mass is 16.7. The molecule has 3 aromatic rings. The van der Waals surface area contributed by atoms with Crippen LogP contribution in [0.15, 0.2) is 91.0 Å². The second kappa shape index (κ2) is 12.3. The van der Waals surface area contributed by atoms with E-state index >= 15 is 0 Å². The van der Waals surface area contributed by atoms with E-state index in [1.807, 2.05) is 42.5 Å². The molecule has 3 aromatic carbocycles. The fourth-order valence-electron chi connectivity index (χ4n) is 4.28. The van der Waals surface area contributed by atoms with Crippen LogP contribution in [0.1, 0.15) is 26.4 Å². The van der Waals surface area contributed by atoms with Crippen molar-refractivity contribution in [1.29, 1.82) is 0 Å². The van der Waals surface area contributed by atoms with Gasteiger partial charge in [0.05, 0.1) is 22.5 Å². The molecule has 7 atom stereocenters. The summed E-state index contributed by atoms with van der Waals surface area (Å²) >= 11 is 0. The Hall–Kier alpha value is -3.07. The maximum atomic E-state index is 12.2. The lowest BCUT2D eigenvalue weighted by atomic mass is 9.86. The molecule has 190 valence electrons. The summed E-state index contributed by atoms with van der Waals surface area (Å²) < 4.78 is 34.7. The van der Waals surface area contributed by atoms with Crippen molar-refractivity contribution >= 4 is 5.91 Å². The van der Waals surface area contributed by atoms with Crippen molar-refractivity contribution in [3.8, 4) is 0 Å². The average molecular weight is 494 g/mol. The molecular weight excluding hydrogens is 458 g/mol. The number of hydrogen-bond acceptors (Lipinski definition) is 6. The van der Waals surface area contributed by atoms with Gasteiger partial charge in [-0.1, -0.05) is 91.0 Å². The molecule has 7 nitrogen and oxygen atoms in total. The largest absolute Gasteiger partial charge is 0.388 e. The molecule has 0 bridgehead atoms. The van der Waals surface area contributed by atoms with Crippen LogP contribution in [-0.2, 0) is 38.6 Å². The second-order valence-electron chi connectivity index (χ2n) is 8.82. The summed E-state index contributed by atoms with van der Waals surface area (Å²) in [5.74, 6) is -2.47. The predicted molar refractivity (Wildman–Crippen MR) is 135 cm³/mol. The Morgan fingerprint density at radius 3 is 2.03 bits per heavy atom. The van der Waals surface area contributed by atoms with E-state index in [2.05, 4.69) is 5.32 Å². The van der Waals surface area contributed by atoms with Crippen molar-refractivity contribution < 1.29 is 32.0 Å². The lowest BCUT2D eigenvalue weighted by molar-refractivity contribution is -0.325. The average Bonchev–Trinajstić information content (AvgIpc) is 2.93. The van der Waals surface area contributed by atoms with Gasteiger partial charge in [-0.2, -0.15) is 0 Å². The molecule has 1 amide bonds. The van der Waals surface area contributed by atoms with Crippen LogP contribution in [-0.4, -0.2) is 52.9 Å². The SMILES string of the molecule is [2H]C(OC[C@H]1OC(O)(Cc2ccccc2)[C@H](NC(C)=O)[C@@H](OC([2H])c2ccccc2)[C@@H]1O)c1ccccc1. The summed E-state index contributed by atoms with van der Waals surface area (Å²) in [7, 11) is 0. The Morgan fingerprint density at radius 1 is 0.944 bits per heavy atom. The highest BCUT2D eigenvalue weighted by Gasteiger charge is 2.54. The maximum Gasteiger partial charge on any atom is 0.217 e. The minimum atomic E-state index is -2.01. The van der Waals surface area contributed by atoms with Gasteiger partial charge < -0.3 is 29.7 Å². The summed E-state index contributed by atoms with van der Waals surface area (Å²) in [6.45, 7) is -1.19. The quantitative estimate of drug-likeness (QED) is 0.402. The highest BCUT2D eigenvalue weighted by molar-refractivity contribution is 5.73. The zero-order valence-corrected chi connectivity index (χ0v) is 20.1. The van der Waals surface area contributed by atoms with Crippen molar-refractivity contribution in [3.05, 3.63) is 108 Å². The van der Waals surface area contributed by atoms with Crippen LogP contribution in [0.4, 0.5) is 0 Å². The van der Waals surface area contributed by atoms with Crippen LogP contribution in [0.5, 0.6) is 0 Å². The number of hydrogen-bond donors (Lipinski definition) is 3. The summed E-state index contributed by atoms with van der Waals surface area (Å²) in [4.78, 5) is 12.2. The van der Waals surface area contributed by atoms with Gasteiger partial charge in [-0.3, -0.25) is 4.79 Å². The number of ether oxygens (including phenoxy) is 3. The number of nitrogens with one attached hydrogen (secondary N) is 1. The molecule has 0 aliphatic carbocycles. The van der Waals surface area contributed by atoms with E-state index in [0.29, 0.717) is 11.1 Å². The number of carbonyl (C=O) groups excluding carboxylic acids is 1. The summed E-state index contributed by atoms with van der Waals surface area (Å²) in [6.07, 6.45) is -3.75. The van der Waals surface area contributed by atoms with E-state index in [1.165, 1.54) is 6.92 Å². The van der Waals surface area contributed by atoms with Crippen molar-refractivity contribution in [3.63, 3.8) is 0 Å². The molecule has 0 radical (unpaired) electrons. The Labute approximate surface area is 214 Å². The number of aliphatic hydroxyl groups is 2. The Morgan fingerprint density at radius 2 is 1.47 bits per heavy atom. The minimum absolute atomic E-state index is 0.0289. The molecular formula is C29H33NO6. The Bertz CT molecular complexity index is 1160. The molecule has 7 heteroatoms. The number of aliphatic hydroxyl groups excluding tert-OH is 1. The van der Waals surface area contributed by atoms with Gasteiger partial charge in [-0.05, 0) is 16.7 Å². The first-order valence-corrected chi connectivity index (χ1v) is 11.9. The Balaban J connectivity index is 1.63. The van der Waals surface area contributed by atoms with E-state index in [0.717, 1.165) is 5.56 Å². The normalized spacial score (nSPS) is 28.4. The molecule has 0 saturated carbocycles. The summed E-state index contributed by atoms with van der Waals surface area (Å²) in [5.41, 5.74) is 1.90. The van der Waals surface area contributed by atoms with Crippen LogP contribution in [0.3, 0.4) is 0 Å². The summed E-state index contributed by atoms with van der Waals surface area (Å²) in [6, 6.07) is 25.6. The van der Waals surface area contributed by atoms with Crippen LogP contribution in [0, 0.1) is 0 Å². The lowest BCUT2D eigenvalue weighted by Gasteiger charge is -2.49. The van der Waals surface area contributed by atoms with Gasteiger partial charge in [0.15, 0.2) is 5.79 Å². The molecule has 1 fully saturated rings. The number of benzene rings is 3. The maximum absolute atomic E-state index is 12.2. The first-order valence-electron chi connectivity index (χ1n) is 13.0. The first kappa shape index (κ1) is 23.3. The van der Waals surface area contributed by atoms with Gasteiger partial charge in [0.1, 0.15) is 24.4 Å². The molecule has 3 unspecified atom stereocenters. The van der Waals surface area contributed by atoms with Gasteiger partial charge in [0, 0.05) is 13.3 Å². The molecule has 1 heterocycles. The van der Waals surface area contributed by atoms with E-state index in [9.17, 15) is 15.0 Å². The molecule has 1 saturated heterocycles. The topological polar surface area (TPSA) is 97.2 Å². The van der Waals surface area contributed by atoms with Crippen molar-refractivity contribution in [2.24, 2.45) is 0 Å². The molecule has 36 heavy (non-hydrogen) atoms. The third kappa shape index (κ3) is 6.78. The number of rotatable bonds is 10. The molecule has 3 N–H and O–H groups in total. The minimum Gasteiger partial charge on any atom is -0.388 e. The van der Waals surface area contributed by atoms with Gasteiger partial charge >= 0.3 is 0 Å². The third-order valence-electron chi connectivity index (χ3n) is 5.99. The molecule has 1 aliphatic heterocycles. The number of amides is 1. The first-order chi connectivity index (χ1) is 18.3. The van der Waals surface area contributed by atoms with Gasteiger partial charge in [0.25, 0.3) is 0 Å². The third-order valence-corrected chi connectivity index (χ3v) is 5.99. The van der Waals surface area contributed by atoms with Crippen LogP contribution >= 0.6 is 0 Å². The smallest absolute Gasteiger partial charge is 0.217 e. The molecule has 0 spiro atoms. The lowest BCUT2D eigenvalue weighted by Crippen LogP contribution is -2.71. The molecule has 0 aromatic heterocycles. The van der Waals surface area contributed by atoms with E-state index in [1.54, 1.807) is 48.5 Å². The number of carbonyl (C=O) groups is 1. The molecule has 4 rings (SSSR count). The standard InChI is InChI=1S/C29H33NO6/c1-21(31)30-28-27(35-19-24-15-9-4-10-16-24)26(32)25(20-34-18-23-13-7-3-8-14-23)36-29(28,33)17-22-11-5-2-6-12-22/h2-16,25-28,32-33H,17-20H2,1H3,(H,30,31)/t25-,26-,27+,28-,29?/m1/s1/i18D,19D/t18?,19?,25-,26-,27+,28-,29?. The van der Waals surface area contributed by atoms with Crippen LogP contribution in [0.25, 0.3) is 0 Å². The van der Waals surface area contributed by atoms with Crippen molar-refractivity contribution in [1.82, 2.24) is 5.32 Å². The van der Waals surface area contributed by atoms with Crippen molar-refractivity contribution in [2.75, 3.05) is 6.61 Å². The monoisotopic (exact) mass is 493 g/mol. The van der Waals surface area contributed by atoms with Crippen LogP contribution < -0.4 is 5.32 Å². The fraction of sp³-hybridized carbons (Fsp3) is 0.345. The van der Waals surface area contributed by atoms with Gasteiger partial charge in [0.2, 0.25) is 5.91 Å². The fourth-order valence-corrected chi connectivity index (χ4v) is 4.28. The van der Waals surface area contributed by atoms with Gasteiger partial charge in [-0.25, -0.2) is 0 Å². The van der Waals surface area contributed by atoms with Crippen molar-refractivity contribution in [2.45, 2.75) is 56.7 Å². The van der Waals surface area contributed by atoms with Gasteiger partial charge in [-0.15, -0.1) is 0 Å². The van der Waals surface area contributed by atoms with E-state index in [-0.39, 0.29) is 13.0 Å². The zero-order valence-electron chi connectivity index (χ0n) is 22.1. The second-order valence-corrected chi connectivity index (χ2v) is 8.82.